The van der Waals surface area contributed by atoms with E-state index in [4.69, 9.17) is 0 Å². The molecular weight excluding hydrogens is 250 g/mol. The second kappa shape index (κ2) is 7.75. The van der Waals surface area contributed by atoms with E-state index in [9.17, 15) is 0 Å². The summed E-state index contributed by atoms with van der Waals surface area (Å²) in [5, 5.41) is 15.6. The third-order valence-corrected chi connectivity index (χ3v) is 3.44. The average molecular weight is 273 g/mol. The van der Waals surface area contributed by atoms with Crippen molar-refractivity contribution in [3.05, 3.63) is 36.2 Å². The Morgan fingerprint density at radius 3 is 2.70 bits per heavy atom. The van der Waals surface area contributed by atoms with Gasteiger partial charge >= 0.3 is 0 Å². The normalized spacial score (nSPS) is 12.5. The Balaban J connectivity index is 2.04. The smallest absolute Gasteiger partial charge is 0.157 e. The van der Waals surface area contributed by atoms with Crippen molar-refractivity contribution >= 4 is 0 Å². The summed E-state index contributed by atoms with van der Waals surface area (Å²) in [6.07, 6.45) is 3.19. The second-order valence-electron chi connectivity index (χ2n) is 5.02. The van der Waals surface area contributed by atoms with Gasteiger partial charge in [-0.2, -0.15) is 4.68 Å². The van der Waals surface area contributed by atoms with Crippen LogP contribution in [0.15, 0.2) is 30.3 Å². The third-order valence-electron chi connectivity index (χ3n) is 3.44. The summed E-state index contributed by atoms with van der Waals surface area (Å²) in [4.78, 5) is 0. The predicted octanol–water partition coefficient (Wildman–Crippen LogP) is 2.23. The maximum atomic E-state index is 4.18. The summed E-state index contributed by atoms with van der Waals surface area (Å²) in [6, 6.07) is 10.0. The second-order valence-corrected chi connectivity index (χ2v) is 5.02. The van der Waals surface area contributed by atoms with Crippen molar-refractivity contribution in [2.75, 3.05) is 13.1 Å². The molecule has 2 rings (SSSR count). The molecule has 0 aliphatic carbocycles. The minimum Gasteiger partial charge on any atom is -0.316 e. The van der Waals surface area contributed by atoms with Gasteiger partial charge in [0.1, 0.15) is 0 Å². The first-order chi connectivity index (χ1) is 9.85. The van der Waals surface area contributed by atoms with Crippen LogP contribution in [0.1, 0.15) is 32.5 Å². The molecule has 20 heavy (non-hydrogen) atoms. The van der Waals surface area contributed by atoms with E-state index in [1.54, 1.807) is 0 Å². The maximum Gasteiger partial charge on any atom is 0.157 e. The van der Waals surface area contributed by atoms with Gasteiger partial charge in [-0.1, -0.05) is 38.5 Å². The quantitative estimate of drug-likeness (QED) is 0.749. The van der Waals surface area contributed by atoms with Crippen LogP contribution in [0.2, 0.25) is 0 Å². The minimum absolute atomic E-state index is 0.565. The molecule has 1 aromatic heterocycles. The van der Waals surface area contributed by atoms with Gasteiger partial charge in [0, 0.05) is 6.42 Å². The van der Waals surface area contributed by atoms with Gasteiger partial charge in [-0.25, -0.2) is 0 Å². The monoisotopic (exact) mass is 273 g/mol. The topological polar surface area (TPSA) is 55.6 Å². The highest BCUT2D eigenvalue weighted by Crippen LogP contribution is 2.13. The lowest BCUT2D eigenvalue weighted by atomic mass is 10.0. The van der Waals surface area contributed by atoms with E-state index in [0.717, 1.165) is 43.9 Å². The molecule has 1 atom stereocenters. The number of rotatable bonds is 8. The summed E-state index contributed by atoms with van der Waals surface area (Å²) in [7, 11) is 0. The molecule has 1 heterocycles. The van der Waals surface area contributed by atoms with E-state index in [1.165, 1.54) is 0 Å². The first kappa shape index (κ1) is 14.7. The zero-order chi connectivity index (χ0) is 14.2. The first-order valence-corrected chi connectivity index (χ1v) is 7.38. The SMILES string of the molecule is CCCNCC(CC)Cc1nnnn1-c1ccccc1. The fourth-order valence-electron chi connectivity index (χ4n) is 2.20. The minimum atomic E-state index is 0.565. The highest BCUT2D eigenvalue weighted by molar-refractivity contribution is 5.30. The molecule has 0 amide bonds. The largest absolute Gasteiger partial charge is 0.316 e. The lowest BCUT2D eigenvalue weighted by Gasteiger charge is -2.15. The van der Waals surface area contributed by atoms with Crippen LogP contribution in [0.25, 0.3) is 5.69 Å². The molecule has 1 aromatic carbocycles. The zero-order valence-corrected chi connectivity index (χ0v) is 12.3. The van der Waals surface area contributed by atoms with Crippen molar-refractivity contribution in [1.29, 1.82) is 0 Å². The number of hydrogen-bond acceptors (Lipinski definition) is 4. The van der Waals surface area contributed by atoms with Crippen molar-refractivity contribution in [1.82, 2.24) is 25.5 Å². The molecule has 0 aliphatic heterocycles. The van der Waals surface area contributed by atoms with E-state index < -0.39 is 0 Å². The molecule has 0 fully saturated rings. The number of nitrogens with zero attached hydrogens (tertiary/aromatic N) is 4. The Hall–Kier alpha value is -1.75. The fourth-order valence-corrected chi connectivity index (χ4v) is 2.20. The Kier molecular flexibility index (Phi) is 5.68. The molecule has 5 heteroatoms. The van der Waals surface area contributed by atoms with Crippen molar-refractivity contribution in [3.63, 3.8) is 0 Å². The molecule has 2 aromatic rings. The molecule has 5 nitrogen and oxygen atoms in total. The predicted molar refractivity (Wildman–Crippen MR) is 79.8 cm³/mol. The summed E-state index contributed by atoms with van der Waals surface area (Å²) in [5.74, 6) is 1.50. The molecule has 0 bridgehead atoms. The van der Waals surface area contributed by atoms with E-state index in [0.29, 0.717) is 5.92 Å². The maximum absolute atomic E-state index is 4.18. The molecule has 0 radical (unpaired) electrons. The van der Waals surface area contributed by atoms with Gasteiger partial charge in [0.05, 0.1) is 5.69 Å². The molecule has 0 spiro atoms. The fraction of sp³-hybridized carbons (Fsp3) is 0.533. The van der Waals surface area contributed by atoms with Gasteiger partial charge in [0.2, 0.25) is 0 Å². The number of aromatic nitrogens is 4. The Labute approximate surface area is 120 Å². The molecule has 108 valence electrons. The number of nitrogens with one attached hydrogen (secondary N) is 1. The van der Waals surface area contributed by atoms with Gasteiger partial charge in [0.15, 0.2) is 5.82 Å². The van der Waals surface area contributed by atoms with Gasteiger partial charge in [-0.3, -0.25) is 0 Å². The summed E-state index contributed by atoms with van der Waals surface area (Å²) in [5.41, 5.74) is 1.02. The van der Waals surface area contributed by atoms with Crippen LogP contribution in [-0.4, -0.2) is 33.3 Å². The van der Waals surface area contributed by atoms with Gasteiger partial charge in [0.25, 0.3) is 0 Å². The summed E-state index contributed by atoms with van der Waals surface area (Å²) in [6.45, 7) is 6.49. The molecule has 0 aliphatic rings. The Morgan fingerprint density at radius 2 is 2.00 bits per heavy atom. The average Bonchev–Trinajstić information content (AvgIpc) is 2.95. The highest BCUT2D eigenvalue weighted by atomic mass is 15.5. The van der Waals surface area contributed by atoms with Gasteiger partial charge in [-0.15, -0.1) is 5.10 Å². The van der Waals surface area contributed by atoms with Crippen molar-refractivity contribution in [3.8, 4) is 5.69 Å². The lowest BCUT2D eigenvalue weighted by Crippen LogP contribution is -2.25. The Morgan fingerprint density at radius 1 is 1.20 bits per heavy atom. The van der Waals surface area contributed by atoms with E-state index in [-0.39, 0.29) is 0 Å². The number of hydrogen-bond donors (Lipinski definition) is 1. The van der Waals surface area contributed by atoms with Crippen LogP contribution >= 0.6 is 0 Å². The van der Waals surface area contributed by atoms with Crippen molar-refractivity contribution in [2.24, 2.45) is 5.92 Å². The van der Waals surface area contributed by atoms with E-state index >= 15 is 0 Å². The molecule has 0 saturated carbocycles. The molecule has 0 saturated heterocycles. The van der Waals surface area contributed by atoms with E-state index in [2.05, 4.69) is 34.7 Å². The molecule has 1 unspecified atom stereocenters. The van der Waals surface area contributed by atoms with Crippen LogP contribution in [0.4, 0.5) is 0 Å². The molecular formula is C15H23N5. The summed E-state index contributed by atoms with van der Waals surface area (Å²) < 4.78 is 1.84. The standard InChI is InChI=1S/C15H23N5/c1-3-10-16-12-13(4-2)11-15-17-18-19-20(15)14-8-6-5-7-9-14/h5-9,13,16H,3-4,10-12H2,1-2H3. The third kappa shape index (κ3) is 3.87. The Bertz CT molecular complexity index is 494. The first-order valence-electron chi connectivity index (χ1n) is 7.38. The highest BCUT2D eigenvalue weighted by Gasteiger charge is 2.14. The van der Waals surface area contributed by atoms with Crippen LogP contribution in [0.5, 0.6) is 0 Å². The van der Waals surface area contributed by atoms with E-state index in [1.807, 2.05) is 35.0 Å². The van der Waals surface area contributed by atoms with Gasteiger partial charge < -0.3 is 5.32 Å². The number of benzene rings is 1. The zero-order valence-electron chi connectivity index (χ0n) is 12.3. The van der Waals surface area contributed by atoms with Crippen LogP contribution in [0.3, 0.4) is 0 Å². The lowest BCUT2D eigenvalue weighted by molar-refractivity contribution is 0.448. The van der Waals surface area contributed by atoms with Crippen LogP contribution in [-0.2, 0) is 6.42 Å². The number of tetrazole rings is 1. The van der Waals surface area contributed by atoms with Crippen LogP contribution in [0, 0.1) is 5.92 Å². The van der Waals surface area contributed by atoms with Crippen LogP contribution < -0.4 is 5.32 Å². The van der Waals surface area contributed by atoms with Gasteiger partial charge in [-0.05, 0) is 48.0 Å². The summed E-state index contributed by atoms with van der Waals surface area (Å²) >= 11 is 0. The molecule has 1 N–H and O–H groups in total. The van der Waals surface area contributed by atoms with Crippen molar-refractivity contribution in [2.45, 2.75) is 33.1 Å². The van der Waals surface area contributed by atoms with Crippen molar-refractivity contribution < 1.29 is 0 Å². The number of para-hydroxylation sites is 1.